The molecule has 3 heteroatoms. The second-order valence-corrected chi connectivity index (χ2v) is 4.42. The normalized spacial score (nSPS) is 16.1. The molecule has 0 bridgehead atoms. The summed E-state index contributed by atoms with van der Waals surface area (Å²) in [5, 5.41) is 0. The van der Waals surface area contributed by atoms with Gasteiger partial charge in [0, 0.05) is 18.5 Å². The van der Waals surface area contributed by atoms with Gasteiger partial charge in [-0.25, -0.2) is 0 Å². The molecule has 0 radical (unpaired) electrons. The van der Waals surface area contributed by atoms with Gasteiger partial charge in [-0.05, 0) is 30.5 Å². The SMILES string of the molecule is CCc1ccc(C(=O)N2CCCC(=O)C2)cc1. The molecule has 1 aromatic carbocycles. The summed E-state index contributed by atoms with van der Waals surface area (Å²) in [6, 6.07) is 7.64. The number of piperidine rings is 1. The molecule has 1 aliphatic rings. The first-order valence-corrected chi connectivity index (χ1v) is 6.10. The van der Waals surface area contributed by atoms with Crippen molar-refractivity contribution in [3.63, 3.8) is 0 Å². The molecule has 1 amide bonds. The van der Waals surface area contributed by atoms with Crippen molar-refractivity contribution in [2.75, 3.05) is 13.1 Å². The number of benzene rings is 1. The summed E-state index contributed by atoms with van der Waals surface area (Å²) in [5.74, 6) is 0.135. The molecule has 1 heterocycles. The average Bonchev–Trinajstić information content (AvgIpc) is 2.38. The Morgan fingerprint density at radius 1 is 1.29 bits per heavy atom. The number of carbonyl (C=O) groups is 2. The largest absolute Gasteiger partial charge is 0.331 e. The number of rotatable bonds is 2. The van der Waals surface area contributed by atoms with Gasteiger partial charge in [0.25, 0.3) is 5.91 Å². The van der Waals surface area contributed by atoms with Crippen LogP contribution in [0, 0.1) is 0 Å². The van der Waals surface area contributed by atoms with E-state index >= 15 is 0 Å². The number of hydrogen-bond donors (Lipinski definition) is 0. The fourth-order valence-corrected chi connectivity index (χ4v) is 2.08. The van der Waals surface area contributed by atoms with E-state index < -0.39 is 0 Å². The predicted molar refractivity (Wildman–Crippen MR) is 66.0 cm³/mol. The third kappa shape index (κ3) is 2.73. The molecule has 2 rings (SSSR count). The lowest BCUT2D eigenvalue weighted by atomic mass is 10.1. The molecule has 0 aliphatic carbocycles. The van der Waals surface area contributed by atoms with Crippen LogP contribution in [-0.4, -0.2) is 29.7 Å². The van der Waals surface area contributed by atoms with Crippen LogP contribution in [0.25, 0.3) is 0 Å². The van der Waals surface area contributed by atoms with E-state index in [-0.39, 0.29) is 18.2 Å². The molecule has 0 N–H and O–H groups in total. The standard InChI is InChI=1S/C14H17NO2/c1-2-11-5-7-12(8-6-11)14(17)15-9-3-4-13(16)10-15/h5-8H,2-4,9-10H2,1H3. The Balaban J connectivity index is 2.10. The predicted octanol–water partition coefficient (Wildman–Crippen LogP) is 2.05. The van der Waals surface area contributed by atoms with Gasteiger partial charge in [0.1, 0.15) is 0 Å². The summed E-state index contributed by atoms with van der Waals surface area (Å²) in [7, 11) is 0. The third-order valence-corrected chi connectivity index (χ3v) is 3.15. The highest BCUT2D eigenvalue weighted by atomic mass is 16.2. The summed E-state index contributed by atoms with van der Waals surface area (Å²) in [6.45, 7) is 3.05. The zero-order chi connectivity index (χ0) is 12.3. The number of amides is 1. The molecule has 3 nitrogen and oxygen atoms in total. The van der Waals surface area contributed by atoms with Gasteiger partial charge in [0.2, 0.25) is 0 Å². The second-order valence-electron chi connectivity index (χ2n) is 4.42. The van der Waals surface area contributed by atoms with E-state index in [1.165, 1.54) is 5.56 Å². The third-order valence-electron chi connectivity index (χ3n) is 3.15. The molecule has 0 saturated carbocycles. The molecule has 0 aromatic heterocycles. The Morgan fingerprint density at radius 3 is 2.59 bits per heavy atom. The van der Waals surface area contributed by atoms with E-state index in [4.69, 9.17) is 0 Å². The molecule has 0 unspecified atom stereocenters. The van der Waals surface area contributed by atoms with Gasteiger partial charge in [0.15, 0.2) is 5.78 Å². The molecule has 1 saturated heterocycles. The zero-order valence-electron chi connectivity index (χ0n) is 10.1. The van der Waals surface area contributed by atoms with Gasteiger partial charge >= 0.3 is 0 Å². The van der Waals surface area contributed by atoms with E-state index in [2.05, 4.69) is 6.92 Å². The lowest BCUT2D eigenvalue weighted by Gasteiger charge is -2.25. The number of hydrogen-bond acceptors (Lipinski definition) is 2. The first-order chi connectivity index (χ1) is 8.20. The molecule has 1 aromatic rings. The summed E-state index contributed by atoms with van der Waals surface area (Å²) in [6.07, 6.45) is 2.37. The molecule has 0 spiro atoms. The van der Waals surface area contributed by atoms with Crippen LogP contribution in [0.5, 0.6) is 0 Å². The maximum atomic E-state index is 12.1. The van der Waals surface area contributed by atoms with Crippen LogP contribution < -0.4 is 0 Å². The van der Waals surface area contributed by atoms with Crippen molar-refractivity contribution in [2.45, 2.75) is 26.2 Å². The van der Waals surface area contributed by atoms with Crippen LogP contribution in [0.3, 0.4) is 0 Å². The van der Waals surface area contributed by atoms with Crippen molar-refractivity contribution in [2.24, 2.45) is 0 Å². The van der Waals surface area contributed by atoms with Crippen LogP contribution >= 0.6 is 0 Å². The van der Waals surface area contributed by atoms with Crippen molar-refractivity contribution in [1.29, 1.82) is 0 Å². The van der Waals surface area contributed by atoms with Gasteiger partial charge in [0.05, 0.1) is 6.54 Å². The Hall–Kier alpha value is -1.64. The van der Waals surface area contributed by atoms with Gasteiger partial charge in [-0.15, -0.1) is 0 Å². The van der Waals surface area contributed by atoms with Crippen LogP contribution in [0.4, 0.5) is 0 Å². The fraction of sp³-hybridized carbons (Fsp3) is 0.429. The molecular formula is C14H17NO2. The lowest BCUT2D eigenvalue weighted by Crippen LogP contribution is -2.40. The Morgan fingerprint density at radius 2 is 2.00 bits per heavy atom. The summed E-state index contributed by atoms with van der Waals surface area (Å²) in [4.78, 5) is 25.1. The summed E-state index contributed by atoms with van der Waals surface area (Å²) >= 11 is 0. The van der Waals surface area contributed by atoms with E-state index in [0.717, 1.165) is 12.8 Å². The van der Waals surface area contributed by atoms with Gasteiger partial charge in [-0.2, -0.15) is 0 Å². The van der Waals surface area contributed by atoms with Gasteiger partial charge in [-0.1, -0.05) is 19.1 Å². The van der Waals surface area contributed by atoms with Crippen molar-refractivity contribution >= 4 is 11.7 Å². The molecule has 17 heavy (non-hydrogen) atoms. The monoisotopic (exact) mass is 231 g/mol. The number of carbonyl (C=O) groups excluding carboxylic acids is 2. The van der Waals surface area contributed by atoms with Crippen molar-refractivity contribution in [3.05, 3.63) is 35.4 Å². The highest BCUT2D eigenvalue weighted by Crippen LogP contribution is 2.12. The van der Waals surface area contributed by atoms with Crippen molar-refractivity contribution in [3.8, 4) is 0 Å². The maximum absolute atomic E-state index is 12.1. The molecule has 1 fully saturated rings. The maximum Gasteiger partial charge on any atom is 0.254 e. The average molecular weight is 231 g/mol. The minimum atomic E-state index is -0.0271. The molecule has 90 valence electrons. The minimum Gasteiger partial charge on any atom is -0.331 e. The lowest BCUT2D eigenvalue weighted by molar-refractivity contribution is -0.121. The number of nitrogens with zero attached hydrogens (tertiary/aromatic N) is 1. The topological polar surface area (TPSA) is 37.4 Å². The van der Waals surface area contributed by atoms with Crippen LogP contribution in [0.2, 0.25) is 0 Å². The number of likely N-dealkylation sites (tertiary alicyclic amines) is 1. The number of Topliss-reactive ketones (excluding diaryl/α,β-unsaturated/α-hetero) is 1. The zero-order valence-corrected chi connectivity index (χ0v) is 10.1. The fourth-order valence-electron chi connectivity index (χ4n) is 2.08. The van der Waals surface area contributed by atoms with Crippen LogP contribution in [0.15, 0.2) is 24.3 Å². The van der Waals surface area contributed by atoms with Crippen LogP contribution in [-0.2, 0) is 11.2 Å². The smallest absolute Gasteiger partial charge is 0.254 e. The Bertz CT molecular complexity index is 422. The van der Waals surface area contributed by atoms with Crippen molar-refractivity contribution in [1.82, 2.24) is 4.90 Å². The quantitative estimate of drug-likeness (QED) is 0.781. The van der Waals surface area contributed by atoms with E-state index in [1.54, 1.807) is 4.90 Å². The molecule has 1 aliphatic heterocycles. The number of aryl methyl sites for hydroxylation is 1. The number of ketones is 1. The van der Waals surface area contributed by atoms with Gasteiger partial charge in [-0.3, -0.25) is 9.59 Å². The Labute approximate surface area is 101 Å². The molecular weight excluding hydrogens is 214 g/mol. The highest BCUT2D eigenvalue weighted by Gasteiger charge is 2.22. The highest BCUT2D eigenvalue weighted by molar-refractivity contribution is 5.97. The van der Waals surface area contributed by atoms with Crippen molar-refractivity contribution < 1.29 is 9.59 Å². The van der Waals surface area contributed by atoms with E-state index in [1.807, 2.05) is 24.3 Å². The van der Waals surface area contributed by atoms with Gasteiger partial charge < -0.3 is 4.90 Å². The molecule has 0 atom stereocenters. The minimum absolute atomic E-state index is 0.0271. The summed E-state index contributed by atoms with van der Waals surface area (Å²) < 4.78 is 0. The second kappa shape index (κ2) is 5.13. The van der Waals surface area contributed by atoms with Crippen LogP contribution in [0.1, 0.15) is 35.7 Å². The Kier molecular flexibility index (Phi) is 3.57. The first-order valence-electron chi connectivity index (χ1n) is 6.10. The van der Waals surface area contributed by atoms with E-state index in [9.17, 15) is 9.59 Å². The summed E-state index contributed by atoms with van der Waals surface area (Å²) in [5.41, 5.74) is 1.90. The van der Waals surface area contributed by atoms with E-state index in [0.29, 0.717) is 18.5 Å². The first kappa shape index (κ1) is 11.8.